The smallest absolute Gasteiger partial charge is 0.359 e. The standard InChI is InChI=1S/C17H20N7/c1-19-15-8-10-24(3)17(21-15)22-16(18)20-13-6-7-14-12(11-13)5-4-9-23(14)2/h4-11H,1-3H3,(H3,18,19,20,21,22)/q+1/p+1. The molecule has 122 valence electrons. The lowest BCUT2D eigenvalue weighted by molar-refractivity contribution is -0.660. The number of pyridine rings is 1. The van der Waals surface area contributed by atoms with Gasteiger partial charge in [0.25, 0.3) is 5.96 Å². The third kappa shape index (κ3) is 3.24. The Hall–Kier alpha value is -3.22. The second-order valence-corrected chi connectivity index (χ2v) is 5.49. The highest BCUT2D eigenvalue weighted by Crippen LogP contribution is 2.16. The number of aromatic nitrogens is 3. The number of anilines is 2. The van der Waals surface area contributed by atoms with Crippen LogP contribution in [0.3, 0.4) is 0 Å². The Morgan fingerprint density at radius 1 is 1.12 bits per heavy atom. The van der Waals surface area contributed by atoms with Gasteiger partial charge in [-0.25, -0.2) is 9.13 Å². The minimum Gasteiger partial charge on any atom is -0.359 e. The quantitative estimate of drug-likeness (QED) is 0.381. The molecule has 7 heteroatoms. The maximum atomic E-state index is 6.03. The summed E-state index contributed by atoms with van der Waals surface area (Å²) in [6.07, 6.45) is 3.90. The van der Waals surface area contributed by atoms with E-state index in [2.05, 4.69) is 31.2 Å². The first kappa shape index (κ1) is 15.7. The number of benzene rings is 1. The first-order valence-electron chi connectivity index (χ1n) is 7.61. The molecule has 2 aromatic heterocycles. The second-order valence-electron chi connectivity index (χ2n) is 5.49. The molecule has 0 atom stereocenters. The lowest BCUT2D eigenvalue weighted by Gasteiger charge is -2.04. The molecule has 3 rings (SSSR count). The van der Waals surface area contributed by atoms with Crippen molar-refractivity contribution in [2.45, 2.75) is 0 Å². The van der Waals surface area contributed by atoms with Gasteiger partial charge in [0.15, 0.2) is 6.20 Å². The fraction of sp³-hybridized carbons (Fsp3) is 0.176. The Labute approximate surface area is 140 Å². The van der Waals surface area contributed by atoms with Crippen molar-refractivity contribution in [1.82, 2.24) is 4.98 Å². The van der Waals surface area contributed by atoms with E-state index in [4.69, 9.17) is 5.73 Å². The summed E-state index contributed by atoms with van der Waals surface area (Å²) in [5, 5.41) is 7.22. The Kier molecular flexibility index (Phi) is 4.24. The zero-order valence-electron chi connectivity index (χ0n) is 14.0. The molecular formula is C17H21N7+2. The van der Waals surface area contributed by atoms with Crippen LogP contribution in [-0.2, 0) is 14.1 Å². The number of nitrogens with two attached hydrogens (primary N) is 1. The number of nitrogens with one attached hydrogen (secondary N) is 2. The van der Waals surface area contributed by atoms with Crippen molar-refractivity contribution in [3.63, 3.8) is 0 Å². The molecular weight excluding hydrogens is 302 g/mol. The Morgan fingerprint density at radius 2 is 1.96 bits per heavy atom. The number of hydrogen-bond acceptors (Lipinski definition) is 3. The van der Waals surface area contributed by atoms with Gasteiger partial charge in [0.05, 0.1) is 13.2 Å². The maximum Gasteiger partial charge on any atom is 0.438 e. The second kappa shape index (κ2) is 6.49. The van der Waals surface area contributed by atoms with Crippen molar-refractivity contribution >= 4 is 34.3 Å². The average Bonchev–Trinajstić information content (AvgIpc) is 2.57. The SMILES string of the molecule is CNc1cc[n+](C)c(/N=C(\N)Nc2ccc3c(ccc[n+]3C)c2)n1. The van der Waals surface area contributed by atoms with Gasteiger partial charge in [0.1, 0.15) is 7.05 Å². The van der Waals surface area contributed by atoms with Crippen LogP contribution in [0, 0.1) is 0 Å². The maximum absolute atomic E-state index is 6.03. The molecule has 0 unspecified atom stereocenters. The number of fused-ring (bicyclic) bond motifs is 1. The van der Waals surface area contributed by atoms with Crippen molar-refractivity contribution in [2.75, 3.05) is 17.7 Å². The van der Waals surface area contributed by atoms with Crippen LogP contribution in [0.5, 0.6) is 0 Å². The van der Waals surface area contributed by atoms with Crippen molar-refractivity contribution in [3.05, 3.63) is 48.8 Å². The topological polar surface area (TPSA) is 83.1 Å². The summed E-state index contributed by atoms with van der Waals surface area (Å²) >= 11 is 0. The molecule has 0 radical (unpaired) electrons. The molecule has 0 spiro atoms. The number of aliphatic imine (C=N–C) groups is 1. The molecule has 2 heterocycles. The van der Waals surface area contributed by atoms with E-state index in [0.29, 0.717) is 5.95 Å². The van der Waals surface area contributed by atoms with Gasteiger partial charge in [-0.05, 0) is 23.2 Å². The lowest BCUT2D eigenvalue weighted by Crippen LogP contribution is -2.31. The molecule has 0 aliphatic rings. The molecule has 4 N–H and O–H groups in total. The predicted molar refractivity (Wildman–Crippen MR) is 95.0 cm³/mol. The summed E-state index contributed by atoms with van der Waals surface area (Å²) in [5.41, 5.74) is 8.06. The summed E-state index contributed by atoms with van der Waals surface area (Å²) < 4.78 is 3.87. The number of hydrogen-bond donors (Lipinski definition) is 3. The van der Waals surface area contributed by atoms with E-state index >= 15 is 0 Å². The van der Waals surface area contributed by atoms with Crippen LogP contribution >= 0.6 is 0 Å². The van der Waals surface area contributed by atoms with Gasteiger partial charge in [0.2, 0.25) is 11.3 Å². The van der Waals surface area contributed by atoms with Gasteiger partial charge < -0.3 is 16.4 Å². The van der Waals surface area contributed by atoms with E-state index in [-0.39, 0.29) is 5.96 Å². The molecule has 0 aliphatic carbocycles. The number of aryl methyl sites for hydroxylation is 2. The molecule has 0 saturated heterocycles. The summed E-state index contributed by atoms with van der Waals surface area (Å²) in [6.45, 7) is 0. The van der Waals surface area contributed by atoms with E-state index < -0.39 is 0 Å². The van der Waals surface area contributed by atoms with Crippen LogP contribution in [-0.4, -0.2) is 18.0 Å². The van der Waals surface area contributed by atoms with Crippen LogP contribution in [0.15, 0.2) is 53.8 Å². The monoisotopic (exact) mass is 323 g/mol. The summed E-state index contributed by atoms with van der Waals surface area (Å²) in [4.78, 5) is 8.72. The Morgan fingerprint density at radius 3 is 2.75 bits per heavy atom. The molecule has 24 heavy (non-hydrogen) atoms. The van der Waals surface area contributed by atoms with Crippen LogP contribution in [0.2, 0.25) is 0 Å². The Balaban J connectivity index is 1.88. The van der Waals surface area contributed by atoms with E-state index in [1.54, 1.807) is 4.57 Å². The highest BCUT2D eigenvalue weighted by atomic mass is 15.2. The molecule has 0 saturated carbocycles. The van der Waals surface area contributed by atoms with Gasteiger partial charge >= 0.3 is 5.95 Å². The third-order valence-electron chi connectivity index (χ3n) is 3.73. The van der Waals surface area contributed by atoms with Crippen molar-refractivity contribution < 1.29 is 9.13 Å². The van der Waals surface area contributed by atoms with Crippen LogP contribution in [0.1, 0.15) is 0 Å². The molecule has 0 fully saturated rings. The number of nitrogens with zero attached hydrogens (tertiary/aromatic N) is 4. The van der Waals surface area contributed by atoms with Crippen molar-refractivity contribution in [1.29, 1.82) is 0 Å². The van der Waals surface area contributed by atoms with Crippen LogP contribution < -0.4 is 25.5 Å². The first-order chi connectivity index (χ1) is 11.6. The highest BCUT2D eigenvalue weighted by molar-refractivity contribution is 5.95. The minimum atomic E-state index is 0.283. The van der Waals surface area contributed by atoms with E-state index in [0.717, 1.165) is 22.4 Å². The van der Waals surface area contributed by atoms with Crippen molar-refractivity contribution in [3.8, 4) is 0 Å². The van der Waals surface area contributed by atoms with Crippen molar-refractivity contribution in [2.24, 2.45) is 24.8 Å². The summed E-state index contributed by atoms with van der Waals surface area (Å²) in [5.74, 6) is 1.53. The zero-order valence-corrected chi connectivity index (χ0v) is 14.0. The zero-order chi connectivity index (χ0) is 17.1. The van der Waals surface area contributed by atoms with Gasteiger partial charge in [-0.1, -0.05) is 4.98 Å². The van der Waals surface area contributed by atoms with Gasteiger partial charge in [-0.15, -0.1) is 0 Å². The largest absolute Gasteiger partial charge is 0.438 e. The van der Waals surface area contributed by atoms with E-state index in [9.17, 15) is 0 Å². The molecule has 0 amide bonds. The fourth-order valence-corrected chi connectivity index (χ4v) is 2.44. The normalized spacial score (nSPS) is 11.5. The van der Waals surface area contributed by atoms with Gasteiger partial charge in [0, 0.05) is 36.3 Å². The van der Waals surface area contributed by atoms with Gasteiger partial charge in [-0.2, -0.15) is 0 Å². The van der Waals surface area contributed by atoms with Crippen LogP contribution in [0.4, 0.5) is 17.5 Å². The van der Waals surface area contributed by atoms with E-state index in [1.165, 1.54) is 0 Å². The molecule has 0 aliphatic heterocycles. The Bertz CT molecular complexity index is 918. The van der Waals surface area contributed by atoms with Gasteiger partial charge in [-0.3, -0.25) is 0 Å². The van der Waals surface area contributed by atoms with Crippen LogP contribution in [0.25, 0.3) is 10.9 Å². The summed E-state index contributed by atoms with van der Waals surface area (Å²) in [7, 11) is 5.70. The molecule has 7 nitrogen and oxygen atoms in total. The van der Waals surface area contributed by atoms with E-state index in [1.807, 2.05) is 63.9 Å². The number of guanidine groups is 1. The minimum absolute atomic E-state index is 0.283. The molecule has 1 aromatic carbocycles. The highest BCUT2D eigenvalue weighted by Gasteiger charge is 2.12. The predicted octanol–water partition coefficient (Wildman–Crippen LogP) is 0.984. The first-order valence-corrected chi connectivity index (χ1v) is 7.61. The molecule has 0 bridgehead atoms. The molecule has 3 aromatic rings. The third-order valence-corrected chi connectivity index (χ3v) is 3.73. The average molecular weight is 323 g/mol. The fourth-order valence-electron chi connectivity index (χ4n) is 2.44. The lowest BCUT2D eigenvalue weighted by atomic mass is 10.2. The summed E-state index contributed by atoms with van der Waals surface area (Å²) in [6, 6.07) is 12.0. The number of rotatable bonds is 3.